The predicted octanol–water partition coefficient (Wildman–Crippen LogP) is 4.02. The Hall–Kier alpha value is -0.690. The van der Waals surface area contributed by atoms with E-state index in [1.54, 1.807) is 0 Å². The van der Waals surface area contributed by atoms with E-state index in [0.717, 1.165) is 17.1 Å². The van der Waals surface area contributed by atoms with Gasteiger partial charge >= 0.3 is 0 Å². The minimum absolute atomic E-state index is 0.646. The van der Waals surface area contributed by atoms with Crippen molar-refractivity contribution in [3.8, 4) is 0 Å². The minimum atomic E-state index is 0.646. The van der Waals surface area contributed by atoms with Gasteiger partial charge in [0.1, 0.15) is 0 Å². The quantitative estimate of drug-likeness (QED) is 0.796. The molecule has 14 heavy (non-hydrogen) atoms. The lowest BCUT2D eigenvalue weighted by Gasteiger charge is -2.15. The number of nitrogens with one attached hydrogen (secondary N) is 1. The van der Waals surface area contributed by atoms with Crippen LogP contribution in [0.15, 0.2) is 12.1 Å². The molecule has 1 aromatic carbocycles. The number of rotatable bonds is 3. The van der Waals surface area contributed by atoms with Crippen LogP contribution < -0.4 is 5.32 Å². The molecule has 0 aliphatic heterocycles. The van der Waals surface area contributed by atoms with Gasteiger partial charge in [-0.15, -0.1) is 0 Å². The van der Waals surface area contributed by atoms with Gasteiger partial charge < -0.3 is 5.32 Å². The molecule has 0 fully saturated rings. The summed E-state index contributed by atoms with van der Waals surface area (Å²) in [6.07, 6.45) is 0. The second-order valence-electron chi connectivity index (χ2n) is 4.14. The van der Waals surface area contributed by atoms with Gasteiger partial charge in [-0.3, -0.25) is 0 Å². The van der Waals surface area contributed by atoms with Gasteiger partial charge in [-0.1, -0.05) is 31.5 Å². The van der Waals surface area contributed by atoms with Gasteiger partial charge in [-0.2, -0.15) is 0 Å². The molecule has 0 atom stereocenters. The van der Waals surface area contributed by atoms with E-state index in [-0.39, 0.29) is 0 Å². The van der Waals surface area contributed by atoms with E-state index in [0.29, 0.717) is 5.92 Å². The SMILES string of the molecule is Cc1ccc(Cl)c(C)c1NCC(C)C. The molecule has 0 aliphatic rings. The molecule has 1 rings (SSSR count). The monoisotopic (exact) mass is 211 g/mol. The maximum absolute atomic E-state index is 6.06. The van der Waals surface area contributed by atoms with E-state index in [9.17, 15) is 0 Å². The minimum Gasteiger partial charge on any atom is -0.384 e. The second kappa shape index (κ2) is 4.70. The van der Waals surface area contributed by atoms with Crippen molar-refractivity contribution in [2.24, 2.45) is 5.92 Å². The lowest BCUT2D eigenvalue weighted by Crippen LogP contribution is -2.10. The summed E-state index contributed by atoms with van der Waals surface area (Å²) in [5.74, 6) is 0.646. The number of halogens is 1. The largest absolute Gasteiger partial charge is 0.384 e. The van der Waals surface area contributed by atoms with Crippen LogP contribution in [0, 0.1) is 19.8 Å². The molecule has 1 N–H and O–H groups in total. The van der Waals surface area contributed by atoms with Crippen molar-refractivity contribution in [1.82, 2.24) is 0 Å². The lowest BCUT2D eigenvalue weighted by molar-refractivity contribution is 0.688. The highest BCUT2D eigenvalue weighted by molar-refractivity contribution is 6.31. The Balaban J connectivity index is 2.89. The van der Waals surface area contributed by atoms with Gasteiger partial charge in [0.2, 0.25) is 0 Å². The third kappa shape index (κ3) is 2.65. The summed E-state index contributed by atoms with van der Waals surface area (Å²) in [4.78, 5) is 0. The van der Waals surface area contributed by atoms with E-state index in [2.05, 4.69) is 39.1 Å². The first kappa shape index (κ1) is 11.4. The molecular weight excluding hydrogens is 194 g/mol. The van der Waals surface area contributed by atoms with Crippen molar-refractivity contribution in [2.75, 3.05) is 11.9 Å². The zero-order valence-corrected chi connectivity index (χ0v) is 10.1. The first-order chi connectivity index (χ1) is 6.52. The van der Waals surface area contributed by atoms with Crippen LogP contribution in [0.4, 0.5) is 5.69 Å². The Bertz CT molecular complexity index is 318. The number of hydrogen-bond acceptors (Lipinski definition) is 1. The van der Waals surface area contributed by atoms with Crippen LogP contribution in [0.2, 0.25) is 5.02 Å². The molecule has 1 aromatic rings. The van der Waals surface area contributed by atoms with Crippen molar-refractivity contribution in [2.45, 2.75) is 27.7 Å². The van der Waals surface area contributed by atoms with Crippen LogP contribution in [0.3, 0.4) is 0 Å². The average Bonchev–Trinajstić information content (AvgIpc) is 2.11. The van der Waals surface area contributed by atoms with Crippen molar-refractivity contribution in [3.05, 3.63) is 28.3 Å². The molecule has 1 nitrogen and oxygen atoms in total. The maximum atomic E-state index is 6.06. The number of anilines is 1. The highest BCUT2D eigenvalue weighted by Crippen LogP contribution is 2.26. The van der Waals surface area contributed by atoms with Crippen LogP contribution in [0.25, 0.3) is 0 Å². The summed E-state index contributed by atoms with van der Waals surface area (Å²) in [6, 6.07) is 4.00. The highest BCUT2D eigenvalue weighted by Gasteiger charge is 2.05. The highest BCUT2D eigenvalue weighted by atomic mass is 35.5. The number of hydrogen-bond donors (Lipinski definition) is 1. The average molecular weight is 212 g/mol. The fourth-order valence-electron chi connectivity index (χ4n) is 1.40. The fourth-order valence-corrected chi connectivity index (χ4v) is 1.56. The van der Waals surface area contributed by atoms with Crippen LogP contribution in [0.5, 0.6) is 0 Å². The second-order valence-corrected chi connectivity index (χ2v) is 4.55. The summed E-state index contributed by atoms with van der Waals surface area (Å²) in [5, 5.41) is 4.27. The zero-order valence-electron chi connectivity index (χ0n) is 9.32. The van der Waals surface area contributed by atoms with Crippen LogP contribution in [0.1, 0.15) is 25.0 Å². The van der Waals surface area contributed by atoms with Crippen molar-refractivity contribution in [1.29, 1.82) is 0 Å². The Labute approximate surface area is 91.5 Å². The normalized spacial score (nSPS) is 10.7. The third-order valence-electron chi connectivity index (χ3n) is 2.29. The summed E-state index contributed by atoms with van der Waals surface area (Å²) >= 11 is 6.06. The van der Waals surface area contributed by atoms with Gasteiger partial charge in [0.25, 0.3) is 0 Å². The van der Waals surface area contributed by atoms with E-state index in [4.69, 9.17) is 11.6 Å². The molecule has 0 saturated carbocycles. The molecule has 0 radical (unpaired) electrons. The first-order valence-corrected chi connectivity index (χ1v) is 5.39. The number of benzene rings is 1. The molecule has 0 saturated heterocycles. The molecule has 2 heteroatoms. The smallest absolute Gasteiger partial charge is 0.0455 e. The summed E-state index contributed by atoms with van der Waals surface area (Å²) in [7, 11) is 0. The van der Waals surface area contributed by atoms with Crippen LogP contribution in [-0.4, -0.2) is 6.54 Å². The van der Waals surface area contributed by atoms with Crippen molar-refractivity contribution < 1.29 is 0 Å². The molecule has 78 valence electrons. The van der Waals surface area contributed by atoms with Crippen LogP contribution in [-0.2, 0) is 0 Å². The zero-order chi connectivity index (χ0) is 10.7. The molecule has 0 aliphatic carbocycles. The van der Waals surface area contributed by atoms with Gasteiger partial charge in [-0.05, 0) is 37.0 Å². The standard InChI is InChI=1S/C12H18ClN/c1-8(2)7-14-12-9(3)5-6-11(13)10(12)4/h5-6,8,14H,7H2,1-4H3. The van der Waals surface area contributed by atoms with E-state index in [1.165, 1.54) is 11.3 Å². The Morgan fingerprint density at radius 2 is 1.93 bits per heavy atom. The fraction of sp³-hybridized carbons (Fsp3) is 0.500. The van der Waals surface area contributed by atoms with E-state index >= 15 is 0 Å². The maximum Gasteiger partial charge on any atom is 0.0455 e. The van der Waals surface area contributed by atoms with Crippen molar-refractivity contribution >= 4 is 17.3 Å². The molecule has 0 aromatic heterocycles. The van der Waals surface area contributed by atoms with E-state index < -0.39 is 0 Å². The third-order valence-corrected chi connectivity index (χ3v) is 2.70. The number of aryl methyl sites for hydroxylation is 1. The van der Waals surface area contributed by atoms with Gasteiger partial charge in [-0.25, -0.2) is 0 Å². The van der Waals surface area contributed by atoms with Gasteiger partial charge in [0, 0.05) is 17.3 Å². The molecule has 0 heterocycles. The molecule has 0 unspecified atom stereocenters. The first-order valence-electron chi connectivity index (χ1n) is 5.02. The predicted molar refractivity (Wildman–Crippen MR) is 64.3 cm³/mol. The van der Waals surface area contributed by atoms with E-state index in [1.807, 2.05) is 6.07 Å². The molecular formula is C12H18ClN. The van der Waals surface area contributed by atoms with Gasteiger partial charge in [0.15, 0.2) is 0 Å². The molecule has 0 bridgehead atoms. The van der Waals surface area contributed by atoms with Crippen LogP contribution >= 0.6 is 11.6 Å². The van der Waals surface area contributed by atoms with Crippen molar-refractivity contribution in [3.63, 3.8) is 0 Å². The summed E-state index contributed by atoms with van der Waals surface area (Å²) in [6.45, 7) is 9.54. The summed E-state index contributed by atoms with van der Waals surface area (Å²) < 4.78 is 0. The van der Waals surface area contributed by atoms with Gasteiger partial charge in [0.05, 0.1) is 0 Å². The Kier molecular flexibility index (Phi) is 3.82. The molecule has 0 spiro atoms. The Morgan fingerprint density at radius 1 is 1.29 bits per heavy atom. The Morgan fingerprint density at radius 3 is 2.50 bits per heavy atom. The topological polar surface area (TPSA) is 12.0 Å². The summed E-state index contributed by atoms with van der Waals surface area (Å²) in [5.41, 5.74) is 3.59. The molecule has 0 amide bonds. The lowest BCUT2D eigenvalue weighted by atomic mass is 10.1.